The molecule has 84 valence electrons. The van der Waals surface area contributed by atoms with Gasteiger partial charge in [0, 0.05) is 37.3 Å². The van der Waals surface area contributed by atoms with Crippen LogP contribution in [0.15, 0.2) is 24.5 Å². The minimum Gasteiger partial charge on any atom is -0.336 e. The zero-order valence-electron chi connectivity index (χ0n) is 9.47. The minimum atomic E-state index is 0.235. The van der Waals surface area contributed by atoms with Crippen LogP contribution in [0.2, 0.25) is 0 Å². The second-order valence-electron chi connectivity index (χ2n) is 4.85. The van der Waals surface area contributed by atoms with E-state index in [-0.39, 0.29) is 5.91 Å². The average Bonchev–Trinajstić information content (AvgIpc) is 2.87. The van der Waals surface area contributed by atoms with E-state index in [1.807, 2.05) is 12.3 Å². The first-order chi connectivity index (χ1) is 7.77. The molecule has 0 saturated carbocycles. The van der Waals surface area contributed by atoms with Crippen molar-refractivity contribution in [2.45, 2.75) is 44.2 Å². The van der Waals surface area contributed by atoms with Crippen LogP contribution in [0.3, 0.4) is 0 Å². The average molecular weight is 216 g/mol. The monoisotopic (exact) mass is 216 g/mol. The zero-order valence-corrected chi connectivity index (χ0v) is 9.47. The molecule has 3 heteroatoms. The molecule has 0 aliphatic carbocycles. The molecule has 0 unspecified atom stereocenters. The van der Waals surface area contributed by atoms with E-state index in [0.29, 0.717) is 18.0 Å². The van der Waals surface area contributed by atoms with E-state index in [1.54, 1.807) is 13.1 Å². The summed E-state index contributed by atoms with van der Waals surface area (Å²) in [5.41, 5.74) is 1.29. The number of aromatic nitrogens is 1. The number of rotatable bonds is 1. The Kier molecular flexibility index (Phi) is 2.20. The Labute approximate surface area is 95.5 Å². The standard InChI is InChI=1S/C13H16N2O/c1-9(16)15-11-4-5-13(15)12(7-11)10-3-2-6-14-8-10/h2-3,6,8,11-13H,4-5,7H2,1H3/t11-,12+,13+/m1/s1. The molecule has 0 spiro atoms. The van der Waals surface area contributed by atoms with Crippen molar-refractivity contribution >= 4 is 5.91 Å². The third-order valence-electron chi connectivity index (χ3n) is 4.01. The van der Waals surface area contributed by atoms with E-state index in [1.165, 1.54) is 12.0 Å². The van der Waals surface area contributed by atoms with Gasteiger partial charge >= 0.3 is 0 Å². The molecule has 3 atom stereocenters. The topological polar surface area (TPSA) is 33.2 Å². The third kappa shape index (κ3) is 1.34. The quantitative estimate of drug-likeness (QED) is 0.719. The first-order valence-electron chi connectivity index (χ1n) is 5.96. The van der Waals surface area contributed by atoms with Gasteiger partial charge in [-0.3, -0.25) is 9.78 Å². The van der Waals surface area contributed by atoms with Gasteiger partial charge in [0.25, 0.3) is 0 Å². The number of nitrogens with zero attached hydrogens (tertiary/aromatic N) is 2. The smallest absolute Gasteiger partial charge is 0.219 e. The van der Waals surface area contributed by atoms with Crippen LogP contribution < -0.4 is 0 Å². The molecule has 3 heterocycles. The summed E-state index contributed by atoms with van der Waals surface area (Å²) in [6.07, 6.45) is 7.21. The summed E-state index contributed by atoms with van der Waals surface area (Å²) in [5.74, 6) is 0.746. The number of pyridine rings is 1. The maximum atomic E-state index is 11.6. The fourth-order valence-corrected chi connectivity index (χ4v) is 3.43. The van der Waals surface area contributed by atoms with Crippen LogP contribution in [-0.2, 0) is 4.79 Å². The van der Waals surface area contributed by atoms with Crippen LogP contribution in [0.4, 0.5) is 0 Å². The van der Waals surface area contributed by atoms with Crippen molar-refractivity contribution in [3.8, 4) is 0 Å². The van der Waals surface area contributed by atoms with Gasteiger partial charge in [0.1, 0.15) is 0 Å². The van der Waals surface area contributed by atoms with Crippen LogP contribution >= 0.6 is 0 Å². The molecule has 16 heavy (non-hydrogen) atoms. The van der Waals surface area contributed by atoms with Crippen molar-refractivity contribution < 1.29 is 4.79 Å². The Bertz CT molecular complexity index is 404. The van der Waals surface area contributed by atoms with Gasteiger partial charge in [-0.15, -0.1) is 0 Å². The lowest BCUT2D eigenvalue weighted by Crippen LogP contribution is -2.34. The van der Waals surface area contributed by atoms with E-state index in [0.717, 1.165) is 12.8 Å². The van der Waals surface area contributed by atoms with Crippen LogP contribution in [-0.4, -0.2) is 27.9 Å². The van der Waals surface area contributed by atoms with Crippen LogP contribution in [0, 0.1) is 0 Å². The molecule has 0 N–H and O–H groups in total. The highest BCUT2D eigenvalue weighted by Crippen LogP contribution is 2.46. The maximum absolute atomic E-state index is 11.6. The lowest BCUT2D eigenvalue weighted by molar-refractivity contribution is -0.130. The van der Waals surface area contributed by atoms with Crippen molar-refractivity contribution in [1.82, 2.24) is 9.88 Å². The lowest BCUT2D eigenvalue weighted by atomic mass is 9.85. The Hall–Kier alpha value is -1.38. The Morgan fingerprint density at radius 3 is 3.00 bits per heavy atom. The zero-order chi connectivity index (χ0) is 11.1. The Balaban J connectivity index is 1.89. The van der Waals surface area contributed by atoms with Crippen LogP contribution in [0.1, 0.15) is 37.7 Å². The summed E-state index contributed by atoms with van der Waals surface area (Å²) in [5, 5.41) is 0. The summed E-state index contributed by atoms with van der Waals surface area (Å²) >= 11 is 0. The SMILES string of the molecule is CC(=O)N1[C@@H]2CC[C@H]1[C@H](c1cccnc1)C2. The highest BCUT2D eigenvalue weighted by Gasteiger charge is 2.47. The normalized spacial score (nSPS) is 32.1. The fraction of sp³-hybridized carbons (Fsp3) is 0.538. The van der Waals surface area contributed by atoms with Gasteiger partial charge in [-0.2, -0.15) is 0 Å². The second kappa shape index (κ2) is 3.58. The predicted molar refractivity (Wildman–Crippen MR) is 60.9 cm³/mol. The van der Waals surface area contributed by atoms with Gasteiger partial charge in [-0.25, -0.2) is 0 Å². The van der Waals surface area contributed by atoms with Crippen LogP contribution in [0.5, 0.6) is 0 Å². The van der Waals surface area contributed by atoms with E-state index < -0.39 is 0 Å². The number of carbonyl (C=O) groups excluding carboxylic acids is 1. The number of hydrogen-bond donors (Lipinski definition) is 0. The molecule has 1 amide bonds. The number of carbonyl (C=O) groups is 1. The number of fused-ring (bicyclic) bond motifs is 2. The van der Waals surface area contributed by atoms with Crippen LogP contribution in [0.25, 0.3) is 0 Å². The Morgan fingerprint density at radius 1 is 1.50 bits per heavy atom. The van der Waals surface area contributed by atoms with E-state index in [4.69, 9.17) is 0 Å². The number of amides is 1. The van der Waals surface area contributed by atoms with E-state index in [9.17, 15) is 4.79 Å². The summed E-state index contributed by atoms with van der Waals surface area (Å²) in [4.78, 5) is 17.9. The molecule has 2 fully saturated rings. The van der Waals surface area contributed by atoms with Crippen molar-refractivity contribution in [2.24, 2.45) is 0 Å². The van der Waals surface area contributed by atoms with Gasteiger partial charge in [-0.1, -0.05) is 6.07 Å². The Morgan fingerprint density at radius 2 is 2.38 bits per heavy atom. The largest absolute Gasteiger partial charge is 0.336 e. The molecular formula is C13H16N2O. The van der Waals surface area contributed by atoms with Gasteiger partial charge in [0.2, 0.25) is 5.91 Å². The fourth-order valence-electron chi connectivity index (χ4n) is 3.43. The van der Waals surface area contributed by atoms with Gasteiger partial charge < -0.3 is 4.90 Å². The summed E-state index contributed by atoms with van der Waals surface area (Å²) < 4.78 is 0. The summed E-state index contributed by atoms with van der Waals surface area (Å²) in [6.45, 7) is 1.69. The first kappa shape index (κ1) is 9.82. The maximum Gasteiger partial charge on any atom is 0.219 e. The molecule has 1 aromatic heterocycles. The minimum absolute atomic E-state index is 0.235. The van der Waals surface area contributed by atoms with E-state index in [2.05, 4.69) is 16.0 Å². The van der Waals surface area contributed by atoms with E-state index >= 15 is 0 Å². The van der Waals surface area contributed by atoms with Gasteiger partial charge in [0.05, 0.1) is 0 Å². The predicted octanol–water partition coefficient (Wildman–Crippen LogP) is 1.95. The molecule has 2 saturated heterocycles. The molecule has 2 aliphatic heterocycles. The van der Waals surface area contributed by atoms with Gasteiger partial charge in [0.15, 0.2) is 0 Å². The molecule has 1 aromatic rings. The van der Waals surface area contributed by atoms with Crippen molar-refractivity contribution in [3.05, 3.63) is 30.1 Å². The first-order valence-corrected chi connectivity index (χ1v) is 5.96. The summed E-state index contributed by atoms with van der Waals surface area (Å²) in [7, 11) is 0. The van der Waals surface area contributed by atoms with Crippen molar-refractivity contribution in [3.63, 3.8) is 0 Å². The second-order valence-corrected chi connectivity index (χ2v) is 4.85. The van der Waals surface area contributed by atoms with Crippen molar-refractivity contribution in [2.75, 3.05) is 0 Å². The summed E-state index contributed by atoms with van der Waals surface area (Å²) in [6, 6.07) is 5.02. The molecule has 3 rings (SSSR count). The molecule has 2 bridgehead atoms. The van der Waals surface area contributed by atoms with Gasteiger partial charge in [-0.05, 0) is 30.9 Å². The van der Waals surface area contributed by atoms with Crippen molar-refractivity contribution in [1.29, 1.82) is 0 Å². The molecule has 3 nitrogen and oxygen atoms in total. The molecule has 0 radical (unpaired) electrons. The highest BCUT2D eigenvalue weighted by atomic mass is 16.2. The third-order valence-corrected chi connectivity index (χ3v) is 4.01. The number of hydrogen-bond acceptors (Lipinski definition) is 2. The molecular weight excluding hydrogens is 200 g/mol. The molecule has 0 aromatic carbocycles. The lowest BCUT2D eigenvalue weighted by Gasteiger charge is -2.23. The highest BCUT2D eigenvalue weighted by molar-refractivity contribution is 5.75. The molecule has 2 aliphatic rings.